The van der Waals surface area contributed by atoms with Gasteiger partial charge in [0.1, 0.15) is 36.6 Å². The minimum atomic E-state index is -1.45. The van der Waals surface area contributed by atoms with Crippen molar-refractivity contribution in [1.82, 2.24) is 16.0 Å². The van der Waals surface area contributed by atoms with Gasteiger partial charge in [-0.05, 0) is 37.5 Å². The number of hydrogen-bond donors (Lipinski definition) is 4. The minimum Gasteiger partial charge on any atom is -0.385 e. The van der Waals surface area contributed by atoms with Gasteiger partial charge in [-0.25, -0.2) is 0 Å². The molecule has 16 heteroatoms. The van der Waals surface area contributed by atoms with Crippen LogP contribution in [0.5, 0.6) is 0 Å². The first-order valence-corrected chi connectivity index (χ1v) is 19.8. The monoisotopic (exact) mass is 821 g/mol. The van der Waals surface area contributed by atoms with E-state index in [9.17, 15) is 19.5 Å². The molecule has 3 saturated heterocycles. The van der Waals surface area contributed by atoms with Gasteiger partial charge in [-0.2, -0.15) is 0 Å². The van der Waals surface area contributed by atoms with E-state index >= 15 is 0 Å². The highest BCUT2D eigenvalue weighted by Crippen LogP contribution is 2.36. The van der Waals surface area contributed by atoms with Gasteiger partial charge >= 0.3 is 0 Å². The van der Waals surface area contributed by atoms with Crippen LogP contribution >= 0.6 is 0 Å². The number of amides is 3. The Morgan fingerprint density at radius 3 is 1.25 bits per heavy atom. The Morgan fingerprint density at radius 1 is 0.508 bits per heavy atom. The first kappa shape index (κ1) is 44.2. The number of rotatable bonds is 20. The molecule has 15 unspecified atom stereocenters. The molecule has 3 amide bonds. The summed E-state index contributed by atoms with van der Waals surface area (Å²) >= 11 is 0. The fourth-order valence-corrected chi connectivity index (χ4v) is 7.84. The van der Waals surface area contributed by atoms with Crippen molar-refractivity contribution >= 4 is 19.2 Å². The van der Waals surface area contributed by atoms with Crippen molar-refractivity contribution in [3.63, 3.8) is 0 Å². The van der Waals surface area contributed by atoms with E-state index in [0.29, 0.717) is 19.2 Å². The molecule has 15 atom stereocenters. The third-order valence-electron chi connectivity index (χ3n) is 10.9. The van der Waals surface area contributed by atoms with Crippen LogP contribution in [0, 0.1) is 0 Å². The second kappa shape index (κ2) is 21.8. The summed E-state index contributed by atoms with van der Waals surface area (Å²) in [5.41, 5.74) is 2.58. The van der Waals surface area contributed by atoms with Gasteiger partial charge < -0.3 is 63.7 Å². The fourth-order valence-electron chi connectivity index (χ4n) is 7.84. The lowest BCUT2D eigenvalue weighted by molar-refractivity contribution is -0.378. The van der Waals surface area contributed by atoms with Crippen LogP contribution in [0.3, 0.4) is 0 Å². The Labute approximate surface area is 344 Å². The highest BCUT2D eigenvalue weighted by Gasteiger charge is 2.55. The van der Waals surface area contributed by atoms with Gasteiger partial charge in [-0.15, -0.1) is 0 Å². The Kier molecular flexibility index (Phi) is 16.3. The quantitative estimate of drug-likeness (QED) is 0.121. The Bertz CT molecular complexity index is 1710. The van der Waals surface area contributed by atoms with Gasteiger partial charge in [0.25, 0.3) is 0 Å². The summed E-state index contributed by atoms with van der Waals surface area (Å²) in [5, 5.41) is 20.4. The van der Waals surface area contributed by atoms with Crippen molar-refractivity contribution < 1.29 is 62.1 Å². The summed E-state index contributed by atoms with van der Waals surface area (Å²) in [6.45, 7) is 5.69. The van der Waals surface area contributed by atoms with Crippen molar-refractivity contribution in [1.29, 1.82) is 0 Å². The highest BCUT2D eigenvalue weighted by molar-refractivity contribution is 5.48. The van der Waals surface area contributed by atoms with E-state index in [2.05, 4.69) is 16.0 Å². The molecule has 0 radical (unpaired) electrons. The van der Waals surface area contributed by atoms with Crippen LogP contribution in [0.25, 0.3) is 0 Å². The molecule has 3 aromatic rings. The highest BCUT2D eigenvalue weighted by atomic mass is 16.8. The van der Waals surface area contributed by atoms with E-state index in [4.69, 9.17) is 42.6 Å². The predicted octanol–water partition coefficient (Wildman–Crippen LogP) is 2.10. The van der Waals surface area contributed by atoms with Crippen molar-refractivity contribution in [3.8, 4) is 0 Å². The van der Waals surface area contributed by atoms with Gasteiger partial charge in [0.2, 0.25) is 19.2 Å². The number of aliphatic hydroxyl groups excluding tert-OH is 1. The largest absolute Gasteiger partial charge is 0.385 e. The Morgan fingerprint density at radius 2 is 0.847 bits per heavy atom. The van der Waals surface area contributed by atoms with E-state index in [1.54, 1.807) is 20.8 Å². The van der Waals surface area contributed by atoms with Crippen molar-refractivity contribution in [2.45, 2.75) is 133 Å². The standard InChI is InChI=1S/C43H55N3O13/c1-26-32(44-23-47)36(52-20-29-14-8-5-9-15-29)35(50)41(55-26)58-40-38(54-22-31-18-12-7-13-19-31)34(46-25-49)28(3)57-43(40)59-39-37(53-21-30-16-10-6-11-17-30)33(45-24-48)27(2)56-42(39)51-4/h5-19,23-28,32-43,50H,20-22H2,1-4H3,(H,44,47)(H,45,48)(H,46,49). The first-order chi connectivity index (χ1) is 28.8. The van der Waals surface area contributed by atoms with Crippen LogP contribution in [0.4, 0.5) is 0 Å². The summed E-state index contributed by atoms with van der Waals surface area (Å²) in [4.78, 5) is 35.8. The summed E-state index contributed by atoms with van der Waals surface area (Å²) < 4.78 is 57.9. The zero-order valence-corrected chi connectivity index (χ0v) is 33.5. The lowest BCUT2D eigenvalue weighted by Crippen LogP contribution is -2.69. The van der Waals surface area contributed by atoms with E-state index in [1.807, 2.05) is 91.0 Å². The summed E-state index contributed by atoms with van der Waals surface area (Å²) in [5.74, 6) is 0. The molecule has 3 heterocycles. The van der Waals surface area contributed by atoms with Crippen LogP contribution in [-0.4, -0.2) is 123 Å². The normalized spacial score (nSPS) is 34.6. The number of hydrogen-bond acceptors (Lipinski definition) is 13. The topological polar surface area (TPSA) is 191 Å². The average molecular weight is 822 g/mol. The molecule has 0 aromatic heterocycles. The predicted molar refractivity (Wildman–Crippen MR) is 210 cm³/mol. The zero-order valence-electron chi connectivity index (χ0n) is 33.5. The van der Waals surface area contributed by atoms with Crippen molar-refractivity contribution in [3.05, 3.63) is 108 Å². The SMILES string of the molecule is COC1OC(C)C(NC=O)C(OCc2ccccc2)C1OC1OC(C)C(NC=O)C(OCc2ccccc2)C1OC1OC(C)C(NC=O)C(OCc2ccccc2)C1O. The van der Waals surface area contributed by atoms with Crippen molar-refractivity contribution in [2.75, 3.05) is 7.11 Å². The van der Waals surface area contributed by atoms with Crippen molar-refractivity contribution in [2.24, 2.45) is 0 Å². The molecule has 3 aromatic carbocycles. The Balaban J connectivity index is 1.35. The van der Waals surface area contributed by atoms with Crippen LogP contribution in [0.2, 0.25) is 0 Å². The number of benzene rings is 3. The molecular formula is C43H55N3O13. The van der Waals surface area contributed by atoms with Gasteiger partial charge in [-0.1, -0.05) is 91.0 Å². The summed E-state index contributed by atoms with van der Waals surface area (Å²) in [6, 6.07) is 26.2. The molecule has 59 heavy (non-hydrogen) atoms. The third-order valence-corrected chi connectivity index (χ3v) is 10.9. The third kappa shape index (κ3) is 11.1. The average Bonchev–Trinajstić information content (AvgIpc) is 3.25. The maximum Gasteiger partial charge on any atom is 0.207 e. The van der Waals surface area contributed by atoms with Gasteiger partial charge in [-0.3, -0.25) is 14.4 Å². The lowest BCUT2D eigenvalue weighted by Gasteiger charge is -2.51. The van der Waals surface area contributed by atoms with Crippen LogP contribution in [0.1, 0.15) is 37.5 Å². The molecule has 4 N–H and O–H groups in total. The molecule has 6 rings (SSSR count). The summed E-state index contributed by atoms with van der Waals surface area (Å²) in [7, 11) is 1.47. The van der Waals surface area contributed by atoms with E-state index in [1.165, 1.54) is 7.11 Å². The van der Waals surface area contributed by atoms with Crippen LogP contribution < -0.4 is 16.0 Å². The molecule has 3 aliphatic heterocycles. The molecular weight excluding hydrogens is 766 g/mol. The van der Waals surface area contributed by atoms with E-state index in [-0.39, 0.29) is 19.8 Å². The molecule has 0 aliphatic carbocycles. The van der Waals surface area contributed by atoms with Gasteiger partial charge in [0.15, 0.2) is 18.9 Å². The molecule has 0 bridgehead atoms. The number of carbonyl (C=O) groups is 3. The van der Waals surface area contributed by atoms with E-state index in [0.717, 1.165) is 16.7 Å². The maximum absolute atomic E-state index is 12.1. The number of nitrogens with one attached hydrogen (secondary N) is 3. The second-order valence-corrected chi connectivity index (χ2v) is 14.8. The lowest BCUT2D eigenvalue weighted by atomic mass is 9.94. The van der Waals surface area contributed by atoms with Gasteiger partial charge in [0.05, 0.1) is 56.3 Å². The molecule has 3 fully saturated rings. The Hall–Kier alpha value is -4.33. The van der Waals surface area contributed by atoms with E-state index < -0.39 is 91.9 Å². The number of carbonyl (C=O) groups excluding carboxylic acids is 3. The second-order valence-electron chi connectivity index (χ2n) is 14.8. The number of ether oxygens (including phenoxy) is 9. The van der Waals surface area contributed by atoms with Crippen LogP contribution in [0.15, 0.2) is 91.0 Å². The minimum absolute atomic E-state index is 0.110. The van der Waals surface area contributed by atoms with Crippen LogP contribution in [-0.2, 0) is 76.8 Å². The smallest absolute Gasteiger partial charge is 0.207 e. The summed E-state index contributed by atoms with van der Waals surface area (Å²) in [6.07, 6.45) is -10.5. The molecule has 320 valence electrons. The molecule has 0 spiro atoms. The molecule has 0 saturated carbocycles. The maximum atomic E-state index is 12.1. The first-order valence-electron chi connectivity index (χ1n) is 19.8. The number of aliphatic hydroxyl groups is 1. The molecule has 16 nitrogen and oxygen atoms in total. The number of methoxy groups -OCH3 is 1. The zero-order chi connectivity index (χ0) is 41.7. The molecule has 3 aliphatic rings. The van der Waals surface area contributed by atoms with Gasteiger partial charge in [0, 0.05) is 7.11 Å². The fraction of sp³-hybridized carbons (Fsp3) is 0.512.